The number of carbonyl (C=O) groups excluding carboxylic acids is 1. The van der Waals surface area contributed by atoms with Crippen LogP contribution in [0.15, 0.2) is 0 Å². The molecule has 0 aromatic heterocycles. The smallest absolute Gasteiger partial charge is 0.392 e. The van der Waals surface area contributed by atoms with Gasteiger partial charge in [0.1, 0.15) is 0 Å². The van der Waals surface area contributed by atoms with Crippen molar-refractivity contribution in [3.05, 3.63) is 0 Å². The van der Waals surface area contributed by atoms with Crippen molar-refractivity contribution >= 4 is 11.9 Å². The zero-order valence-corrected chi connectivity index (χ0v) is 6.47. The molecule has 7 heteroatoms. The van der Waals surface area contributed by atoms with Crippen LogP contribution in [0.1, 0.15) is 12.8 Å². The summed E-state index contributed by atoms with van der Waals surface area (Å²) in [6.07, 6.45) is -6.82. The number of amides is 1. The molecule has 0 aliphatic carbocycles. The maximum Gasteiger partial charge on any atom is 0.392 e. The first-order valence-corrected chi connectivity index (χ1v) is 3.30. The van der Waals surface area contributed by atoms with E-state index < -0.39 is 36.8 Å². The molecule has 0 rings (SSSR count). The monoisotopic (exact) mass is 199 g/mol. The Hall–Kier alpha value is -1.27. The molecule has 0 radical (unpaired) electrons. The fraction of sp³-hybridized carbons (Fsp3) is 0.667. The molecule has 0 saturated carbocycles. The van der Waals surface area contributed by atoms with Crippen LogP contribution in [-0.2, 0) is 9.59 Å². The number of carbonyl (C=O) groups is 2. The van der Waals surface area contributed by atoms with E-state index in [1.165, 1.54) is 0 Å². The van der Waals surface area contributed by atoms with Crippen molar-refractivity contribution in [2.45, 2.75) is 19.0 Å². The highest BCUT2D eigenvalue weighted by atomic mass is 19.4. The van der Waals surface area contributed by atoms with E-state index >= 15 is 0 Å². The molecule has 3 N–H and O–H groups in total. The minimum atomic E-state index is -4.70. The molecule has 0 unspecified atom stereocenters. The Balaban J connectivity index is 4.37. The van der Waals surface area contributed by atoms with Gasteiger partial charge in [0.05, 0.1) is 12.3 Å². The molecule has 0 aromatic rings. The summed E-state index contributed by atoms with van der Waals surface area (Å²) in [6.45, 7) is 0. The zero-order chi connectivity index (χ0) is 10.6. The SMILES string of the molecule is NC(=O)C[C@H](CC(=O)O)C(F)(F)F. The number of carboxylic acids is 1. The lowest BCUT2D eigenvalue weighted by Gasteiger charge is -2.16. The van der Waals surface area contributed by atoms with Crippen LogP contribution in [0.2, 0.25) is 0 Å². The van der Waals surface area contributed by atoms with Gasteiger partial charge in [-0.15, -0.1) is 0 Å². The van der Waals surface area contributed by atoms with Crippen molar-refractivity contribution in [2.24, 2.45) is 11.7 Å². The molecule has 76 valence electrons. The molecule has 0 aliphatic rings. The topological polar surface area (TPSA) is 80.4 Å². The third kappa shape index (κ3) is 5.05. The average molecular weight is 199 g/mol. The Labute approximate surface area is 71.5 Å². The summed E-state index contributed by atoms with van der Waals surface area (Å²) in [5, 5.41) is 8.11. The number of rotatable bonds is 4. The second kappa shape index (κ2) is 4.11. The molecule has 0 bridgehead atoms. The van der Waals surface area contributed by atoms with E-state index in [4.69, 9.17) is 5.11 Å². The molecule has 13 heavy (non-hydrogen) atoms. The number of alkyl halides is 3. The van der Waals surface area contributed by atoms with Crippen molar-refractivity contribution in [3.8, 4) is 0 Å². The van der Waals surface area contributed by atoms with Crippen LogP contribution in [-0.4, -0.2) is 23.2 Å². The van der Waals surface area contributed by atoms with Gasteiger partial charge in [0.2, 0.25) is 5.91 Å². The average Bonchev–Trinajstić information content (AvgIpc) is 1.81. The fourth-order valence-electron chi connectivity index (χ4n) is 0.757. The van der Waals surface area contributed by atoms with Crippen molar-refractivity contribution < 1.29 is 27.9 Å². The first-order chi connectivity index (χ1) is 5.73. The van der Waals surface area contributed by atoms with E-state index in [1.54, 1.807) is 0 Å². The summed E-state index contributed by atoms with van der Waals surface area (Å²) in [4.78, 5) is 20.2. The maximum atomic E-state index is 12.0. The van der Waals surface area contributed by atoms with Gasteiger partial charge in [0, 0.05) is 6.42 Å². The third-order valence-electron chi connectivity index (χ3n) is 1.33. The van der Waals surface area contributed by atoms with E-state index in [0.29, 0.717) is 0 Å². The van der Waals surface area contributed by atoms with Crippen LogP contribution in [0.25, 0.3) is 0 Å². The Kier molecular flexibility index (Phi) is 3.70. The molecule has 1 atom stereocenters. The fourth-order valence-corrected chi connectivity index (χ4v) is 0.757. The summed E-state index contributed by atoms with van der Waals surface area (Å²) >= 11 is 0. The quantitative estimate of drug-likeness (QED) is 0.692. The number of hydrogen-bond acceptors (Lipinski definition) is 2. The van der Waals surface area contributed by atoms with Gasteiger partial charge in [-0.1, -0.05) is 0 Å². The number of primary amides is 1. The second-order valence-electron chi connectivity index (χ2n) is 2.51. The van der Waals surface area contributed by atoms with Crippen molar-refractivity contribution in [3.63, 3.8) is 0 Å². The predicted octanol–water partition coefficient (Wildman–Crippen LogP) is 0.515. The molecule has 4 nitrogen and oxygen atoms in total. The van der Waals surface area contributed by atoms with Crippen molar-refractivity contribution in [2.75, 3.05) is 0 Å². The summed E-state index contributed by atoms with van der Waals surface area (Å²) in [5.74, 6) is -4.96. The Morgan fingerprint density at radius 2 is 1.77 bits per heavy atom. The van der Waals surface area contributed by atoms with E-state index in [0.717, 1.165) is 0 Å². The molecule has 0 fully saturated rings. The molecular weight excluding hydrogens is 191 g/mol. The Bertz CT molecular complexity index is 198. The van der Waals surface area contributed by atoms with E-state index in [1.807, 2.05) is 0 Å². The van der Waals surface area contributed by atoms with E-state index in [2.05, 4.69) is 5.73 Å². The molecule has 0 heterocycles. The van der Waals surface area contributed by atoms with Crippen molar-refractivity contribution in [1.29, 1.82) is 0 Å². The number of nitrogens with two attached hydrogens (primary N) is 1. The zero-order valence-electron chi connectivity index (χ0n) is 6.47. The molecule has 0 saturated heterocycles. The van der Waals surface area contributed by atoms with Gasteiger partial charge in [-0.25, -0.2) is 0 Å². The Morgan fingerprint density at radius 1 is 1.31 bits per heavy atom. The molecule has 0 aromatic carbocycles. The highest BCUT2D eigenvalue weighted by Gasteiger charge is 2.41. The minimum Gasteiger partial charge on any atom is -0.481 e. The number of halogens is 3. The summed E-state index contributed by atoms with van der Waals surface area (Å²) in [6, 6.07) is 0. The summed E-state index contributed by atoms with van der Waals surface area (Å²) in [7, 11) is 0. The standard InChI is InChI=1S/C6H8F3NO3/c7-6(8,9)3(1-4(10)11)2-5(12)13/h3H,1-2H2,(H2,10,11)(H,12,13)/t3-/m1/s1. The molecular formula is C6H8F3NO3. The van der Waals surface area contributed by atoms with Gasteiger partial charge in [0.15, 0.2) is 0 Å². The van der Waals surface area contributed by atoms with Crippen molar-refractivity contribution in [1.82, 2.24) is 0 Å². The highest BCUT2D eigenvalue weighted by molar-refractivity contribution is 5.75. The molecule has 0 aliphatic heterocycles. The summed E-state index contributed by atoms with van der Waals surface area (Å²) < 4.78 is 35.9. The highest BCUT2D eigenvalue weighted by Crippen LogP contribution is 2.31. The first-order valence-electron chi connectivity index (χ1n) is 3.30. The minimum absolute atomic E-state index is 0.990. The second-order valence-corrected chi connectivity index (χ2v) is 2.51. The number of hydrogen-bond donors (Lipinski definition) is 2. The lowest BCUT2D eigenvalue weighted by atomic mass is 10.0. The normalized spacial score (nSPS) is 13.8. The van der Waals surface area contributed by atoms with E-state index in [9.17, 15) is 22.8 Å². The van der Waals surface area contributed by atoms with Crippen LogP contribution in [0, 0.1) is 5.92 Å². The van der Waals surface area contributed by atoms with Crippen LogP contribution < -0.4 is 5.73 Å². The van der Waals surface area contributed by atoms with Crippen LogP contribution in [0.4, 0.5) is 13.2 Å². The van der Waals surface area contributed by atoms with Gasteiger partial charge in [-0.3, -0.25) is 9.59 Å². The lowest BCUT2D eigenvalue weighted by Crippen LogP contribution is -2.30. The van der Waals surface area contributed by atoms with E-state index in [-0.39, 0.29) is 0 Å². The third-order valence-corrected chi connectivity index (χ3v) is 1.33. The Morgan fingerprint density at radius 3 is 2.00 bits per heavy atom. The lowest BCUT2D eigenvalue weighted by molar-refractivity contribution is -0.185. The molecule has 0 spiro atoms. The van der Waals surface area contributed by atoms with Gasteiger partial charge in [0.25, 0.3) is 0 Å². The molecule has 1 amide bonds. The van der Waals surface area contributed by atoms with Gasteiger partial charge < -0.3 is 10.8 Å². The maximum absolute atomic E-state index is 12.0. The van der Waals surface area contributed by atoms with Gasteiger partial charge >= 0.3 is 12.1 Å². The number of carboxylic acid groups (broad SMARTS) is 1. The van der Waals surface area contributed by atoms with Crippen LogP contribution >= 0.6 is 0 Å². The van der Waals surface area contributed by atoms with Crippen LogP contribution in [0.3, 0.4) is 0 Å². The largest absolute Gasteiger partial charge is 0.481 e. The van der Waals surface area contributed by atoms with Gasteiger partial charge in [-0.05, 0) is 0 Å². The number of aliphatic carboxylic acids is 1. The summed E-state index contributed by atoms with van der Waals surface area (Å²) in [5.41, 5.74) is 4.53. The van der Waals surface area contributed by atoms with Gasteiger partial charge in [-0.2, -0.15) is 13.2 Å². The first kappa shape index (κ1) is 11.7. The predicted molar refractivity (Wildman–Crippen MR) is 35.6 cm³/mol. The van der Waals surface area contributed by atoms with Crippen LogP contribution in [0.5, 0.6) is 0 Å².